The van der Waals surface area contributed by atoms with E-state index in [2.05, 4.69) is 79.5 Å². The third-order valence-corrected chi connectivity index (χ3v) is 4.63. The van der Waals surface area contributed by atoms with Crippen molar-refractivity contribution < 1.29 is 0 Å². The smallest absolute Gasteiger partial charge is 0.0129 e. The summed E-state index contributed by atoms with van der Waals surface area (Å²) in [6, 6.07) is 0. The highest BCUT2D eigenvalue weighted by atomic mass is 127. The Balaban J connectivity index is 2.32. The van der Waals surface area contributed by atoms with E-state index in [1.807, 2.05) is 6.08 Å². The average Bonchev–Trinajstić information content (AvgIpc) is 2.52. The summed E-state index contributed by atoms with van der Waals surface area (Å²) in [5.74, 6) is 1.35. The third kappa shape index (κ3) is 2.49. The van der Waals surface area contributed by atoms with Crippen molar-refractivity contribution in [3.63, 3.8) is 0 Å². The van der Waals surface area contributed by atoms with Crippen molar-refractivity contribution in [1.29, 1.82) is 0 Å². The van der Waals surface area contributed by atoms with Crippen LogP contribution in [-0.2, 0) is 0 Å². The van der Waals surface area contributed by atoms with Gasteiger partial charge in [-0.15, -0.1) is 0 Å². The van der Waals surface area contributed by atoms with Gasteiger partial charge >= 0.3 is 0 Å². The lowest BCUT2D eigenvalue weighted by Gasteiger charge is -2.29. The normalized spacial score (nSPS) is 32.9. The second-order valence-electron chi connectivity index (χ2n) is 5.34. The Morgan fingerprint density at radius 3 is 2.76 bits per heavy atom. The quantitative estimate of drug-likeness (QED) is 0.479. The van der Waals surface area contributed by atoms with E-state index in [1.165, 1.54) is 10.0 Å². The largest absolute Gasteiger partial charge is 0.0990 e. The van der Waals surface area contributed by atoms with Crippen molar-refractivity contribution >= 4 is 22.6 Å². The van der Waals surface area contributed by atoms with Gasteiger partial charge < -0.3 is 0 Å². The molecule has 0 aromatic carbocycles. The summed E-state index contributed by atoms with van der Waals surface area (Å²) in [5, 5.41) is 0. The van der Waals surface area contributed by atoms with Crippen molar-refractivity contribution in [1.82, 2.24) is 0 Å². The van der Waals surface area contributed by atoms with Gasteiger partial charge in [-0.3, -0.25) is 0 Å². The first-order valence-corrected chi connectivity index (χ1v) is 7.18. The van der Waals surface area contributed by atoms with Gasteiger partial charge in [0.15, 0.2) is 0 Å². The molecule has 2 rings (SSSR count). The highest BCUT2D eigenvalue weighted by Crippen LogP contribution is 2.53. The van der Waals surface area contributed by atoms with Gasteiger partial charge in [-0.2, -0.15) is 0 Å². The molecule has 2 unspecified atom stereocenters. The molecule has 17 heavy (non-hydrogen) atoms. The molecule has 0 nitrogen and oxygen atoms in total. The van der Waals surface area contributed by atoms with Crippen LogP contribution in [0.1, 0.15) is 20.3 Å². The topological polar surface area (TPSA) is 0 Å². The van der Waals surface area contributed by atoms with Crippen LogP contribution in [-0.4, -0.2) is 0 Å². The van der Waals surface area contributed by atoms with Crippen LogP contribution in [0.25, 0.3) is 0 Å². The predicted molar refractivity (Wildman–Crippen MR) is 84.0 cm³/mol. The number of allylic oxidation sites excluding steroid dienone is 9. The van der Waals surface area contributed by atoms with Gasteiger partial charge in [0.05, 0.1) is 0 Å². The molecule has 0 radical (unpaired) electrons. The predicted octanol–water partition coefficient (Wildman–Crippen LogP) is 5.21. The molecular formula is C16H19I. The maximum absolute atomic E-state index is 3.75. The molecule has 90 valence electrons. The maximum Gasteiger partial charge on any atom is 0.0129 e. The Morgan fingerprint density at radius 1 is 1.41 bits per heavy atom. The van der Waals surface area contributed by atoms with Crippen LogP contribution in [0.4, 0.5) is 0 Å². The summed E-state index contributed by atoms with van der Waals surface area (Å²) < 4.78 is 1.27. The Hall–Kier alpha value is -0.570. The maximum atomic E-state index is 3.75. The van der Waals surface area contributed by atoms with E-state index in [-0.39, 0.29) is 5.41 Å². The van der Waals surface area contributed by atoms with Crippen LogP contribution in [0.5, 0.6) is 0 Å². The first-order chi connectivity index (χ1) is 8.05. The fraction of sp³-hybridized carbons (Fsp3) is 0.375. The van der Waals surface area contributed by atoms with Gasteiger partial charge in [-0.25, -0.2) is 0 Å². The number of fused-ring (bicyclic) bond motifs is 1. The van der Waals surface area contributed by atoms with Crippen LogP contribution in [0.3, 0.4) is 0 Å². The number of hydrogen-bond donors (Lipinski definition) is 0. The van der Waals surface area contributed by atoms with Crippen LogP contribution in [0, 0.1) is 17.3 Å². The van der Waals surface area contributed by atoms with Crippen LogP contribution in [0.15, 0.2) is 58.3 Å². The molecule has 1 saturated carbocycles. The lowest BCUT2D eigenvalue weighted by Crippen LogP contribution is -2.21. The minimum absolute atomic E-state index is 0.275. The van der Waals surface area contributed by atoms with E-state index in [1.54, 1.807) is 5.57 Å². The van der Waals surface area contributed by atoms with E-state index in [4.69, 9.17) is 0 Å². The zero-order chi connectivity index (χ0) is 12.5. The molecule has 1 fully saturated rings. The van der Waals surface area contributed by atoms with E-state index in [9.17, 15) is 0 Å². The molecule has 0 N–H and O–H groups in total. The highest BCUT2D eigenvalue weighted by molar-refractivity contribution is 14.1. The molecule has 1 heteroatoms. The molecule has 0 spiro atoms. The van der Waals surface area contributed by atoms with Crippen LogP contribution in [0.2, 0.25) is 0 Å². The minimum atomic E-state index is 0.275. The van der Waals surface area contributed by atoms with Gasteiger partial charge in [0.2, 0.25) is 0 Å². The van der Waals surface area contributed by atoms with Crippen molar-refractivity contribution in [3.8, 4) is 0 Å². The molecule has 2 atom stereocenters. The second kappa shape index (κ2) is 4.97. The summed E-state index contributed by atoms with van der Waals surface area (Å²) >= 11 is 2.38. The minimum Gasteiger partial charge on any atom is -0.0990 e. The lowest BCUT2D eigenvalue weighted by molar-refractivity contribution is 0.330. The standard InChI is InChI=1S/C16H19I/c1-4-7-14(17)11-13-10-12-8-5-6-9-15(12)16(13,2)3/h4-9,11-12,15H,1,10H2,2-3H3/b13-11+,14-7+. The zero-order valence-electron chi connectivity index (χ0n) is 10.5. The Morgan fingerprint density at radius 2 is 2.12 bits per heavy atom. The number of hydrogen-bond acceptors (Lipinski definition) is 0. The SMILES string of the molecule is C=C/C=C(I)\C=C1/CC2C=CC=CC2C1(C)C. The van der Waals surface area contributed by atoms with E-state index in [0.717, 1.165) is 0 Å². The summed E-state index contributed by atoms with van der Waals surface area (Å²) in [5.41, 5.74) is 1.84. The molecule has 2 aliphatic rings. The molecule has 0 bridgehead atoms. The van der Waals surface area contributed by atoms with Gasteiger partial charge in [0.25, 0.3) is 0 Å². The number of rotatable bonds is 2. The van der Waals surface area contributed by atoms with Gasteiger partial charge in [-0.1, -0.05) is 56.4 Å². The van der Waals surface area contributed by atoms with Gasteiger partial charge in [0.1, 0.15) is 0 Å². The van der Waals surface area contributed by atoms with Crippen molar-refractivity contribution in [2.24, 2.45) is 17.3 Å². The molecule has 2 aliphatic carbocycles. The van der Waals surface area contributed by atoms with Crippen LogP contribution >= 0.6 is 22.6 Å². The molecule has 0 heterocycles. The van der Waals surface area contributed by atoms with Crippen molar-refractivity contribution in [2.45, 2.75) is 20.3 Å². The fourth-order valence-electron chi connectivity index (χ4n) is 2.93. The van der Waals surface area contributed by atoms with Crippen LogP contribution < -0.4 is 0 Å². The Bertz CT molecular complexity index is 432. The Kier molecular flexibility index (Phi) is 3.76. The molecule has 0 aromatic rings. The Labute approximate surface area is 118 Å². The van der Waals surface area contributed by atoms with E-state index in [0.29, 0.717) is 11.8 Å². The second-order valence-corrected chi connectivity index (χ2v) is 6.59. The molecule has 0 aliphatic heterocycles. The monoisotopic (exact) mass is 338 g/mol. The summed E-state index contributed by atoms with van der Waals surface area (Å²) in [7, 11) is 0. The molecule has 0 saturated heterocycles. The highest BCUT2D eigenvalue weighted by Gasteiger charge is 2.43. The average molecular weight is 338 g/mol. The molecular weight excluding hydrogens is 319 g/mol. The van der Waals surface area contributed by atoms with Crippen molar-refractivity contribution in [3.05, 3.63) is 58.3 Å². The zero-order valence-corrected chi connectivity index (χ0v) is 12.6. The third-order valence-electron chi connectivity index (χ3n) is 3.95. The first-order valence-electron chi connectivity index (χ1n) is 6.10. The number of halogens is 1. The molecule has 0 aromatic heterocycles. The summed E-state index contributed by atoms with van der Waals surface area (Å²) in [6.45, 7) is 8.48. The molecule has 0 amide bonds. The summed E-state index contributed by atoms with van der Waals surface area (Å²) in [4.78, 5) is 0. The van der Waals surface area contributed by atoms with Crippen molar-refractivity contribution in [2.75, 3.05) is 0 Å². The van der Waals surface area contributed by atoms with E-state index < -0.39 is 0 Å². The van der Waals surface area contributed by atoms with E-state index >= 15 is 0 Å². The lowest BCUT2D eigenvalue weighted by atomic mass is 9.75. The van der Waals surface area contributed by atoms with Gasteiger partial charge in [-0.05, 0) is 58.4 Å². The van der Waals surface area contributed by atoms with Gasteiger partial charge in [0, 0.05) is 3.58 Å². The summed E-state index contributed by atoms with van der Waals surface area (Å²) in [6.07, 6.45) is 16.6. The first kappa shape index (κ1) is 12.9. The fourth-order valence-corrected chi connectivity index (χ4v) is 3.56.